The summed E-state index contributed by atoms with van der Waals surface area (Å²) < 4.78 is 12.0. The van der Waals surface area contributed by atoms with E-state index in [2.05, 4.69) is 57.0 Å². The Morgan fingerprint density at radius 1 is 0.717 bits per heavy atom. The third-order valence-electron chi connectivity index (χ3n) is 11.1. The van der Waals surface area contributed by atoms with Crippen LogP contribution in [0, 0.1) is 5.92 Å². The van der Waals surface area contributed by atoms with Gasteiger partial charge in [0, 0.05) is 27.4 Å². The van der Waals surface area contributed by atoms with E-state index in [4.69, 9.17) is 19.4 Å². The number of thiophene rings is 2. The van der Waals surface area contributed by atoms with Crippen LogP contribution in [0.5, 0.6) is 0 Å². The molecule has 0 radical (unpaired) electrons. The number of rotatable bonds is 11. The molecule has 0 saturated carbocycles. The standard InChI is InChI=1S/C43H46N8O6S2.CH4/c1-24(2)36(48-42(54)56-3)40(52)50-18-8-13-31(50)39-45-23-29(47-39)33-21-35-34(59-33)20-32(58-35)26-16-14-25(15-17-26)28-22-44-38(46-28)30-12-9-19-51(30)41(53)37(49-43(55)57-4)27-10-6-5-7-11-27;/h5-7,10-11,14-17,20-24,30-31,36-37H,8-9,12-13,18-19H2,1-4H3,(H,44,46)(H,45,47)(H,48,54)(H,49,55);1H4/t30-,31-,36-,37+;/m0./s1. The lowest BCUT2D eigenvalue weighted by Gasteiger charge is -2.30. The Morgan fingerprint density at radius 3 is 1.87 bits per heavy atom. The number of hydrogen-bond acceptors (Lipinski definition) is 10. The van der Waals surface area contributed by atoms with Crippen LogP contribution in [-0.4, -0.2) is 87.1 Å². The fraction of sp³-hybridized carbons (Fsp3) is 0.364. The molecule has 6 heterocycles. The maximum Gasteiger partial charge on any atom is 0.407 e. The Kier molecular flexibility index (Phi) is 12.7. The number of likely N-dealkylation sites (tertiary alicyclic amines) is 2. The van der Waals surface area contributed by atoms with Crippen LogP contribution in [0.15, 0.2) is 79.1 Å². The number of aromatic amines is 2. The molecule has 16 heteroatoms. The predicted octanol–water partition coefficient (Wildman–Crippen LogP) is 8.85. The van der Waals surface area contributed by atoms with Crippen LogP contribution >= 0.6 is 22.7 Å². The average Bonchev–Trinajstić information content (AvgIpc) is 4.10. The summed E-state index contributed by atoms with van der Waals surface area (Å²) in [6, 6.07) is 20.0. The van der Waals surface area contributed by atoms with Crippen molar-refractivity contribution in [2.24, 2.45) is 5.92 Å². The zero-order valence-electron chi connectivity index (χ0n) is 33.2. The van der Waals surface area contributed by atoms with Gasteiger partial charge in [-0.3, -0.25) is 9.59 Å². The fourth-order valence-electron chi connectivity index (χ4n) is 7.99. The number of nitrogens with zero attached hydrogens (tertiary/aromatic N) is 4. The molecule has 2 aliphatic heterocycles. The van der Waals surface area contributed by atoms with E-state index in [1.807, 2.05) is 61.5 Å². The minimum absolute atomic E-state index is 0. The number of fused-ring (bicyclic) bond motifs is 1. The van der Waals surface area contributed by atoms with Gasteiger partial charge in [0.05, 0.1) is 55.0 Å². The third-order valence-corrected chi connectivity index (χ3v) is 13.4. The van der Waals surface area contributed by atoms with E-state index >= 15 is 0 Å². The van der Waals surface area contributed by atoms with E-state index in [1.165, 1.54) is 23.6 Å². The normalized spacial score (nSPS) is 17.4. The summed E-state index contributed by atoms with van der Waals surface area (Å²) in [5, 5.41) is 5.42. The van der Waals surface area contributed by atoms with Crippen molar-refractivity contribution in [3.8, 4) is 32.3 Å². The maximum atomic E-state index is 13.9. The van der Waals surface area contributed by atoms with E-state index in [1.54, 1.807) is 27.6 Å². The van der Waals surface area contributed by atoms with Crippen molar-refractivity contribution in [3.63, 3.8) is 0 Å². The van der Waals surface area contributed by atoms with Crippen LogP contribution in [0.4, 0.5) is 9.59 Å². The molecule has 4 N–H and O–H groups in total. The van der Waals surface area contributed by atoms with Crippen LogP contribution in [-0.2, 0) is 19.1 Å². The molecular formula is C44H50N8O6S2. The van der Waals surface area contributed by atoms with Gasteiger partial charge in [0.25, 0.3) is 5.91 Å². The van der Waals surface area contributed by atoms with Crippen molar-refractivity contribution in [3.05, 3.63) is 96.3 Å². The number of amides is 4. The van der Waals surface area contributed by atoms with Crippen molar-refractivity contribution in [1.29, 1.82) is 0 Å². The van der Waals surface area contributed by atoms with Crippen molar-refractivity contribution in [2.45, 2.75) is 71.1 Å². The Balaban J connectivity index is 0.00000544. The first kappa shape index (κ1) is 42.1. The summed E-state index contributed by atoms with van der Waals surface area (Å²) in [6.45, 7) is 4.97. The molecule has 2 saturated heterocycles. The van der Waals surface area contributed by atoms with Crippen molar-refractivity contribution < 1.29 is 28.7 Å². The lowest BCUT2D eigenvalue weighted by Crippen LogP contribution is -2.51. The van der Waals surface area contributed by atoms with Gasteiger partial charge < -0.3 is 39.9 Å². The van der Waals surface area contributed by atoms with Crippen LogP contribution < -0.4 is 10.6 Å². The summed E-state index contributed by atoms with van der Waals surface area (Å²) in [4.78, 5) is 73.9. The molecular weight excluding hydrogens is 801 g/mol. The highest BCUT2D eigenvalue weighted by molar-refractivity contribution is 7.31. The molecule has 2 fully saturated rings. The summed E-state index contributed by atoms with van der Waals surface area (Å²) in [5.41, 5.74) is 4.54. The quantitative estimate of drug-likeness (QED) is 0.100. The van der Waals surface area contributed by atoms with E-state index in [9.17, 15) is 19.2 Å². The number of ether oxygens (including phenoxy) is 2. The van der Waals surface area contributed by atoms with Gasteiger partial charge in [-0.15, -0.1) is 22.7 Å². The summed E-state index contributed by atoms with van der Waals surface area (Å²) in [5.74, 6) is 1.01. The third kappa shape index (κ3) is 8.52. The van der Waals surface area contributed by atoms with Crippen LogP contribution in [0.2, 0.25) is 0 Å². The van der Waals surface area contributed by atoms with Crippen LogP contribution in [0.1, 0.15) is 82.3 Å². The van der Waals surface area contributed by atoms with Gasteiger partial charge in [-0.2, -0.15) is 0 Å². The highest BCUT2D eigenvalue weighted by Gasteiger charge is 2.39. The zero-order valence-corrected chi connectivity index (χ0v) is 34.8. The van der Waals surface area contributed by atoms with E-state index in [0.29, 0.717) is 24.5 Å². The highest BCUT2D eigenvalue weighted by atomic mass is 32.1. The Labute approximate surface area is 356 Å². The minimum atomic E-state index is -0.877. The SMILES string of the molecule is C.COC(=O)N[C@H](C(=O)N1CCC[C@H]1c1ncc(-c2cc3sc(-c4ccc(-c5cnc([C@@H]6CCCN6C(=O)[C@H](NC(=O)OC)c6ccccc6)[nH]5)cc4)cc3s2)[nH]1)C(C)C. The number of nitrogens with one attached hydrogen (secondary N) is 4. The number of methoxy groups -OCH3 is 2. The Hall–Kier alpha value is -6.00. The molecule has 4 atom stereocenters. The molecule has 4 amide bonds. The lowest BCUT2D eigenvalue weighted by molar-refractivity contribution is -0.135. The van der Waals surface area contributed by atoms with Gasteiger partial charge in [0.2, 0.25) is 5.91 Å². The predicted molar refractivity (Wildman–Crippen MR) is 233 cm³/mol. The first-order chi connectivity index (χ1) is 28.6. The molecule has 6 aromatic rings. The topological polar surface area (TPSA) is 175 Å². The summed E-state index contributed by atoms with van der Waals surface area (Å²) in [7, 11) is 2.58. The molecule has 2 aliphatic rings. The monoisotopic (exact) mass is 850 g/mol. The number of alkyl carbamates (subject to hydrolysis) is 2. The second kappa shape index (κ2) is 18.1. The Morgan fingerprint density at radius 2 is 1.25 bits per heavy atom. The van der Waals surface area contributed by atoms with Crippen molar-refractivity contribution in [1.82, 2.24) is 40.4 Å². The second-order valence-corrected chi connectivity index (χ2v) is 17.3. The van der Waals surface area contributed by atoms with Crippen LogP contribution in [0.3, 0.4) is 0 Å². The minimum Gasteiger partial charge on any atom is -0.453 e. The van der Waals surface area contributed by atoms with E-state index in [-0.39, 0.29) is 37.2 Å². The highest BCUT2D eigenvalue weighted by Crippen LogP contribution is 2.42. The summed E-state index contributed by atoms with van der Waals surface area (Å²) in [6.07, 6.45) is 5.58. The largest absolute Gasteiger partial charge is 0.453 e. The smallest absolute Gasteiger partial charge is 0.407 e. The molecule has 0 spiro atoms. The molecule has 8 rings (SSSR count). The van der Waals surface area contributed by atoms with Crippen molar-refractivity contribution >= 4 is 56.1 Å². The molecule has 60 heavy (non-hydrogen) atoms. The maximum absolute atomic E-state index is 13.9. The van der Waals surface area contributed by atoms with Gasteiger partial charge >= 0.3 is 12.2 Å². The number of imidazole rings is 2. The summed E-state index contributed by atoms with van der Waals surface area (Å²) >= 11 is 3.43. The van der Waals surface area contributed by atoms with Gasteiger partial charge in [-0.25, -0.2) is 19.6 Å². The molecule has 0 unspecified atom stereocenters. The van der Waals surface area contributed by atoms with Crippen LogP contribution in [0.25, 0.3) is 41.7 Å². The molecule has 0 aliphatic carbocycles. The number of carbonyl (C=O) groups is 4. The van der Waals surface area contributed by atoms with E-state index < -0.39 is 24.3 Å². The first-order valence-electron chi connectivity index (χ1n) is 19.7. The Bertz CT molecular complexity index is 2420. The van der Waals surface area contributed by atoms with Gasteiger partial charge in [0.15, 0.2) is 0 Å². The van der Waals surface area contributed by atoms with Crippen molar-refractivity contribution in [2.75, 3.05) is 27.3 Å². The zero-order chi connectivity index (χ0) is 41.2. The van der Waals surface area contributed by atoms with Gasteiger partial charge in [0.1, 0.15) is 23.7 Å². The average molecular weight is 851 g/mol. The molecule has 2 aromatic carbocycles. The van der Waals surface area contributed by atoms with E-state index in [0.717, 1.165) is 63.8 Å². The fourth-order valence-corrected chi connectivity index (χ4v) is 10.4. The molecule has 14 nitrogen and oxygen atoms in total. The molecule has 314 valence electrons. The first-order valence-corrected chi connectivity index (χ1v) is 21.3. The number of benzene rings is 2. The number of aromatic nitrogens is 4. The molecule has 0 bridgehead atoms. The second-order valence-electron chi connectivity index (χ2n) is 15.1. The number of hydrogen-bond donors (Lipinski definition) is 4. The lowest BCUT2D eigenvalue weighted by atomic mass is 10.0. The number of carbonyl (C=O) groups excluding carboxylic acids is 4. The van der Waals surface area contributed by atoms with Gasteiger partial charge in [-0.1, -0.05) is 75.9 Å². The molecule has 4 aromatic heterocycles. The number of H-pyrrole nitrogens is 2. The van der Waals surface area contributed by atoms with Gasteiger partial charge in [-0.05, 0) is 60.4 Å².